The fourth-order valence-electron chi connectivity index (χ4n) is 3.09. The third-order valence-electron chi connectivity index (χ3n) is 4.44. The highest BCUT2D eigenvalue weighted by molar-refractivity contribution is 5.81. The van der Waals surface area contributed by atoms with E-state index in [4.69, 9.17) is 9.47 Å². The molecule has 2 aliphatic rings. The van der Waals surface area contributed by atoms with E-state index in [-0.39, 0.29) is 6.04 Å². The molecule has 2 fully saturated rings. The zero-order chi connectivity index (χ0) is 14.4. The summed E-state index contributed by atoms with van der Waals surface area (Å²) in [5, 5.41) is 0. The van der Waals surface area contributed by atoms with Crippen LogP contribution in [0.25, 0.3) is 0 Å². The maximum absolute atomic E-state index is 12.4. The van der Waals surface area contributed by atoms with Gasteiger partial charge in [0.15, 0.2) is 0 Å². The Morgan fingerprint density at radius 2 is 1.80 bits per heavy atom. The van der Waals surface area contributed by atoms with Gasteiger partial charge in [-0.2, -0.15) is 0 Å². The van der Waals surface area contributed by atoms with Crippen LogP contribution in [0, 0.1) is 0 Å². The molecule has 2 rings (SSSR count). The van der Waals surface area contributed by atoms with Crippen LogP contribution in [-0.2, 0) is 14.3 Å². The van der Waals surface area contributed by atoms with Crippen LogP contribution in [0.4, 0.5) is 0 Å². The largest absolute Gasteiger partial charge is 0.382 e. The molecule has 20 heavy (non-hydrogen) atoms. The Morgan fingerprint density at radius 1 is 1.15 bits per heavy atom. The van der Waals surface area contributed by atoms with Crippen molar-refractivity contribution in [2.24, 2.45) is 0 Å². The first kappa shape index (κ1) is 15.7. The summed E-state index contributed by atoms with van der Waals surface area (Å²) in [6.07, 6.45) is 4.68. The van der Waals surface area contributed by atoms with Gasteiger partial charge in [-0.25, -0.2) is 0 Å². The van der Waals surface area contributed by atoms with Crippen molar-refractivity contribution in [3.8, 4) is 0 Å². The van der Waals surface area contributed by atoms with Crippen LogP contribution in [-0.4, -0.2) is 74.4 Å². The Balaban J connectivity index is 1.71. The summed E-state index contributed by atoms with van der Waals surface area (Å²) in [5.74, 6) is 0.307. The summed E-state index contributed by atoms with van der Waals surface area (Å²) in [7, 11) is 1.69. The molecular formula is C15H28N2O3. The summed E-state index contributed by atoms with van der Waals surface area (Å²) in [5.41, 5.74) is 0. The summed E-state index contributed by atoms with van der Waals surface area (Å²) >= 11 is 0. The Hall–Kier alpha value is -0.650. The number of amides is 1. The Labute approximate surface area is 122 Å². The molecule has 0 aromatic carbocycles. The summed E-state index contributed by atoms with van der Waals surface area (Å²) in [6.45, 7) is 7.18. The van der Waals surface area contributed by atoms with Gasteiger partial charge in [-0.05, 0) is 32.6 Å². The molecule has 2 aliphatic heterocycles. The summed E-state index contributed by atoms with van der Waals surface area (Å²) in [6, 6.07) is 0.0213. The fourth-order valence-corrected chi connectivity index (χ4v) is 3.09. The zero-order valence-electron chi connectivity index (χ0n) is 12.8. The molecule has 1 amide bonds. The summed E-state index contributed by atoms with van der Waals surface area (Å²) in [4.78, 5) is 16.7. The number of carbonyl (C=O) groups excluding carboxylic acids is 1. The smallest absolute Gasteiger partial charge is 0.239 e. The molecule has 0 aromatic rings. The van der Waals surface area contributed by atoms with E-state index in [0.29, 0.717) is 25.2 Å². The lowest BCUT2D eigenvalue weighted by Crippen LogP contribution is -2.50. The maximum atomic E-state index is 12.4. The summed E-state index contributed by atoms with van der Waals surface area (Å²) < 4.78 is 10.8. The molecule has 0 aromatic heterocycles. The third-order valence-corrected chi connectivity index (χ3v) is 4.44. The van der Waals surface area contributed by atoms with E-state index in [0.717, 1.165) is 51.9 Å². The molecule has 0 N–H and O–H groups in total. The van der Waals surface area contributed by atoms with Gasteiger partial charge in [0.1, 0.15) is 0 Å². The van der Waals surface area contributed by atoms with E-state index >= 15 is 0 Å². The first-order valence-corrected chi connectivity index (χ1v) is 7.85. The van der Waals surface area contributed by atoms with Gasteiger partial charge >= 0.3 is 0 Å². The van der Waals surface area contributed by atoms with Crippen LogP contribution in [0.1, 0.15) is 32.6 Å². The van der Waals surface area contributed by atoms with Crippen molar-refractivity contribution >= 4 is 5.91 Å². The second kappa shape index (κ2) is 7.96. The van der Waals surface area contributed by atoms with Crippen LogP contribution in [0.5, 0.6) is 0 Å². The van der Waals surface area contributed by atoms with Crippen molar-refractivity contribution in [2.75, 3.05) is 46.5 Å². The van der Waals surface area contributed by atoms with Crippen LogP contribution >= 0.6 is 0 Å². The number of ether oxygens (including phenoxy) is 2. The van der Waals surface area contributed by atoms with Crippen molar-refractivity contribution in [2.45, 2.75) is 44.8 Å². The van der Waals surface area contributed by atoms with Gasteiger partial charge in [0.25, 0.3) is 0 Å². The molecule has 0 radical (unpaired) electrons. The number of hydrogen-bond acceptors (Lipinski definition) is 4. The van der Waals surface area contributed by atoms with Crippen LogP contribution in [0.15, 0.2) is 0 Å². The molecule has 0 bridgehead atoms. The van der Waals surface area contributed by atoms with E-state index in [9.17, 15) is 4.79 Å². The predicted molar refractivity (Wildman–Crippen MR) is 77.7 cm³/mol. The average Bonchev–Trinajstić information content (AvgIpc) is 3.01. The topological polar surface area (TPSA) is 42.0 Å². The highest BCUT2D eigenvalue weighted by Gasteiger charge is 2.30. The molecule has 0 aliphatic carbocycles. The maximum Gasteiger partial charge on any atom is 0.239 e. The van der Waals surface area contributed by atoms with Crippen LogP contribution < -0.4 is 0 Å². The highest BCUT2D eigenvalue weighted by Crippen LogP contribution is 2.18. The minimum atomic E-state index is 0.0213. The first-order chi connectivity index (χ1) is 9.72. The van der Waals surface area contributed by atoms with E-state index in [1.165, 1.54) is 0 Å². The van der Waals surface area contributed by atoms with E-state index in [1.807, 2.05) is 11.8 Å². The van der Waals surface area contributed by atoms with Crippen LogP contribution in [0.2, 0.25) is 0 Å². The van der Waals surface area contributed by atoms with Crippen molar-refractivity contribution in [1.82, 2.24) is 9.80 Å². The Morgan fingerprint density at radius 3 is 2.40 bits per heavy atom. The number of hydrogen-bond donors (Lipinski definition) is 0. The molecule has 2 saturated heterocycles. The van der Waals surface area contributed by atoms with Gasteiger partial charge in [-0.1, -0.05) is 0 Å². The molecule has 5 nitrogen and oxygen atoms in total. The molecule has 0 spiro atoms. The van der Waals surface area contributed by atoms with Gasteiger partial charge in [0.05, 0.1) is 25.4 Å². The number of piperidine rings is 1. The zero-order valence-corrected chi connectivity index (χ0v) is 12.8. The molecule has 1 atom stereocenters. The number of methoxy groups -OCH3 is 1. The normalized spacial score (nSPS) is 23.2. The SMILES string of the molecule is COCCOC1CCN([C@H](C)C(=O)N2CCCC2)CC1. The molecule has 5 heteroatoms. The van der Waals surface area contributed by atoms with Gasteiger partial charge in [-0.3, -0.25) is 9.69 Å². The van der Waals surface area contributed by atoms with Crippen LogP contribution in [0.3, 0.4) is 0 Å². The quantitative estimate of drug-likeness (QED) is 0.686. The number of likely N-dealkylation sites (tertiary alicyclic amines) is 2. The highest BCUT2D eigenvalue weighted by atomic mass is 16.5. The van der Waals surface area contributed by atoms with Gasteiger partial charge in [0, 0.05) is 33.3 Å². The second-order valence-corrected chi connectivity index (χ2v) is 5.81. The van der Waals surface area contributed by atoms with E-state index < -0.39 is 0 Å². The molecular weight excluding hydrogens is 256 g/mol. The lowest BCUT2D eigenvalue weighted by molar-refractivity contribution is -0.136. The molecule has 0 saturated carbocycles. The van der Waals surface area contributed by atoms with E-state index in [1.54, 1.807) is 7.11 Å². The van der Waals surface area contributed by atoms with E-state index in [2.05, 4.69) is 4.90 Å². The standard InChI is InChI=1S/C15H28N2O3/c1-13(15(18)17-7-3-4-8-17)16-9-5-14(6-10-16)20-12-11-19-2/h13-14H,3-12H2,1-2H3/t13-/m1/s1. The average molecular weight is 284 g/mol. The molecule has 116 valence electrons. The lowest BCUT2D eigenvalue weighted by Gasteiger charge is -2.36. The number of nitrogens with zero attached hydrogens (tertiary/aromatic N) is 2. The first-order valence-electron chi connectivity index (χ1n) is 7.85. The minimum Gasteiger partial charge on any atom is -0.382 e. The third kappa shape index (κ3) is 4.17. The van der Waals surface area contributed by atoms with Gasteiger partial charge in [-0.15, -0.1) is 0 Å². The predicted octanol–water partition coefficient (Wildman–Crippen LogP) is 1.12. The van der Waals surface area contributed by atoms with Crippen molar-refractivity contribution in [3.05, 3.63) is 0 Å². The van der Waals surface area contributed by atoms with Gasteiger partial charge in [0.2, 0.25) is 5.91 Å². The van der Waals surface area contributed by atoms with Gasteiger partial charge < -0.3 is 14.4 Å². The van der Waals surface area contributed by atoms with Crippen molar-refractivity contribution < 1.29 is 14.3 Å². The Bertz CT molecular complexity index is 297. The fraction of sp³-hybridized carbons (Fsp3) is 0.933. The number of carbonyl (C=O) groups is 1. The Kier molecular flexibility index (Phi) is 6.26. The minimum absolute atomic E-state index is 0.0213. The lowest BCUT2D eigenvalue weighted by atomic mass is 10.1. The second-order valence-electron chi connectivity index (χ2n) is 5.81. The van der Waals surface area contributed by atoms with Crippen molar-refractivity contribution in [3.63, 3.8) is 0 Å². The molecule has 2 heterocycles. The van der Waals surface area contributed by atoms with Crippen molar-refractivity contribution in [1.29, 1.82) is 0 Å². The molecule has 0 unspecified atom stereocenters. The monoisotopic (exact) mass is 284 g/mol. The number of rotatable bonds is 6.